The quantitative estimate of drug-likeness (QED) is 0.0565. The van der Waals surface area contributed by atoms with Crippen molar-refractivity contribution in [3.05, 3.63) is 60.2 Å². The van der Waals surface area contributed by atoms with Crippen molar-refractivity contribution in [2.45, 2.75) is 142 Å². The summed E-state index contributed by atoms with van der Waals surface area (Å²) in [5.74, 6) is -0.308. The maximum Gasteiger partial charge on any atom is 0.330 e. The molecule has 3 nitrogen and oxygen atoms in total. The van der Waals surface area contributed by atoms with E-state index in [0.29, 0.717) is 6.10 Å². The molecule has 0 aliphatic carbocycles. The molecular formula is C34H56O3. The summed E-state index contributed by atoms with van der Waals surface area (Å²) >= 11 is 0. The van der Waals surface area contributed by atoms with Crippen molar-refractivity contribution in [1.82, 2.24) is 0 Å². The van der Waals surface area contributed by atoms with Crippen LogP contribution < -0.4 is 0 Å². The van der Waals surface area contributed by atoms with Gasteiger partial charge < -0.3 is 9.47 Å². The fourth-order valence-electron chi connectivity index (χ4n) is 4.68. The zero-order chi connectivity index (χ0) is 26.7. The maximum atomic E-state index is 11.0. The molecule has 0 bridgehead atoms. The fourth-order valence-corrected chi connectivity index (χ4v) is 4.68. The standard InChI is InChI=1S/C34H56O3/c1-3-4-5-6-7-8-9-10-11-14-17-23-28-33(37-31-32-26-21-20-22-27-32)29-24-18-15-12-13-16-19-25-30-34(35)36-2/h16,19-22,25-27,30,33H,3-15,17-18,23-24,28-29,31H2,1-2H3/t33-/m0/s1. The van der Waals surface area contributed by atoms with Crippen LogP contribution in [0.2, 0.25) is 0 Å². The van der Waals surface area contributed by atoms with Crippen molar-refractivity contribution in [1.29, 1.82) is 0 Å². The Labute approximate surface area is 229 Å². The molecule has 0 heterocycles. The van der Waals surface area contributed by atoms with Gasteiger partial charge in [0.05, 0.1) is 19.8 Å². The molecule has 1 aromatic carbocycles. The van der Waals surface area contributed by atoms with Crippen molar-refractivity contribution in [3.8, 4) is 0 Å². The zero-order valence-corrected chi connectivity index (χ0v) is 24.1. The number of unbranched alkanes of at least 4 members (excludes halogenated alkanes) is 15. The molecule has 0 aromatic heterocycles. The lowest BCUT2D eigenvalue weighted by Gasteiger charge is -2.18. The van der Waals surface area contributed by atoms with Gasteiger partial charge in [-0.1, -0.05) is 152 Å². The van der Waals surface area contributed by atoms with Gasteiger partial charge >= 0.3 is 5.97 Å². The van der Waals surface area contributed by atoms with Crippen LogP contribution in [0.3, 0.4) is 0 Å². The number of hydrogen-bond donors (Lipinski definition) is 0. The number of benzene rings is 1. The average Bonchev–Trinajstić information content (AvgIpc) is 2.93. The van der Waals surface area contributed by atoms with E-state index in [1.54, 1.807) is 6.08 Å². The monoisotopic (exact) mass is 512 g/mol. The van der Waals surface area contributed by atoms with Gasteiger partial charge in [-0.25, -0.2) is 4.79 Å². The molecule has 0 spiro atoms. The molecule has 0 amide bonds. The summed E-state index contributed by atoms with van der Waals surface area (Å²) in [6.45, 7) is 3.02. The van der Waals surface area contributed by atoms with Crippen LogP contribution in [0, 0.1) is 0 Å². The van der Waals surface area contributed by atoms with Crippen LogP contribution >= 0.6 is 0 Å². The second-order valence-corrected chi connectivity index (χ2v) is 10.4. The highest BCUT2D eigenvalue weighted by Crippen LogP contribution is 2.18. The minimum Gasteiger partial charge on any atom is -0.466 e. The predicted molar refractivity (Wildman–Crippen MR) is 159 cm³/mol. The average molecular weight is 513 g/mol. The van der Waals surface area contributed by atoms with Crippen molar-refractivity contribution < 1.29 is 14.3 Å². The van der Waals surface area contributed by atoms with Crippen LogP contribution in [-0.4, -0.2) is 19.2 Å². The largest absolute Gasteiger partial charge is 0.466 e. The summed E-state index contributed by atoms with van der Waals surface area (Å²) in [6, 6.07) is 10.6. The van der Waals surface area contributed by atoms with Crippen molar-refractivity contribution in [3.63, 3.8) is 0 Å². The number of allylic oxidation sites excluding steroid dienone is 3. The van der Waals surface area contributed by atoms with Crippen LogP contribution in [0.5, 0.6) is 0 Å². The molecule has 0 saturated heterocycles. The summed E-state index contributed by atoms with van der Waals surface area (Å²) < 4.78 is 11.0. The van der Waals surface area contributed by atoms with E-state index in [1.165, 1.54) is 134 Å². The highest BCUT2D eigenvalue weighted by molar-refractivity contribution is 5.82. The third kappa shape index (κ3) is 21.9. The van der Waals surface area contributed by atoms with Crippen molar-refractivity contribution in [2.75, 3.05) is 7.11 Å². The number of methoxy groups -OCH3 is 1. The highest BCUT2D eigenvalue weighted by Gasteiger charge is 2.09. The lowest BCUT2D eigenvalue weighted by molar-refractivity contribution is -0.134. The first kappa shape index (κ1) is 33.2. The minimum atomic E-state index is -0.308. The van der Waals surface area contributed by atoms with Gasteiger partial charge in [-0.15, -0.1) is 0 Å². The van der Waals surface area contributed by atoms with Gasteiger partial charge in [0.1, 0.15) is 0 Å². The lowest BCUT2D eigenvalue weighted by Crippen LogP contribution is -2.13. The Balaban J connectivity index is 2.15. The summed E-state index contributed by atoms with van der Waals surface area (Å²) in [4.78, 5) is 11.0. The van der Waals surface area contributed by atoms with E-state index >= 15 is 0 Å². The summed E-state index contributed by atoms with van der Waals surface area (Å²) in [7, 11) is 1.40. The molecule has 0 N–H and O–H groups in total. The molecule has 0 saturated carbocycles. The lowest BCUT2D eigenvalue weighted by atomic mass is 10.0. The van der Waals surface area contributed by atoms with Gasteiger partial charge in [-0.2, -0.15) is 0 Å². The third-order valence-corrected chi connectivity index (χ3v) is 7.04. The Morgan fingerprint density at radius 3 is 1.84 bits per heavy atom. The van der Waals surface area contributed by atoms with Crippen molar-refractivity contribution >= 4 is 5.97 Å². The molecule has 1 aromatic rings. The normalized spacial score (nSPS) is 12.5. The van der Waals surface area contributed by atoms with E-state index in [1.807, 2.05) is 6.08 Å². The molecule has 0 radical (unpaired) electrons. The SMILES string of the molecule is CCCCCCCCCCCCCC[C@@H](CCCCCCC=CC=CC(=O)OC)OCc1ccccc1. The summed E-state index contributed by atoms with van der Waals surface area (Å²) in [6.07, 6.45) is 32.7. The van der Waals surface area contributed by atoms with Crippen LogP contribution in [0.15, 0.2) is 54.6 Å². The Morgan fingerprint density at radius 1 is 0.730 bits per heavy atom. The van der Waals surface area contributed by atoms with Gasteiger partial charge in [0.25, 0.3) is 0 Å². The Bertz CT molecular complexity index is 680. The van der Waals surface area contributed by atoms with Crippen LogP contribution in [-0.2, 0) is 20.9 Å². The first-order valence-electron chi connectivity index (χ1n) is 15.3. The number of ether oxygens (including phenoxy) is 2. The van der Waals surface area contributed by atoms with Gasteiger partial charge in [0.2, 0.25) is 0 Å². The second-order valence-electron chi connectivity index (χ2n) is 10.4. The van der Waals surface area contributed by atoms with E-state index in [-0.39, 0.29) is 5.97 Å². The Morgan fingerprint density at radius 2 is 1.27 bits per heavy atom. The van der Waals surface area contributed by atoms with Gasteiger partial charge in [0.15, 0.2) is 0 Å². The number of esters is 1. The molecule has 0 aliphatic rings. The topological polar surface area (TPSA) is 35.5 Å². The highest BCUT2D eigenvalue weighted by atomic mass is 16.5. The molecular weight excluding hydrogens is 456 g/mol. The fraction of sp³-hybridized carbons (Fsp3) is 0.676. The number of rotatable bonds is 25. The molecule has 0 unspecified atom stereocenters. The van der Waals surface area contributed by atoms with Crippen LogP contribution in [0.25, 0.3) is 0 Å². The maximum absolute atomic E-state index is 11.0. The number of carbonyl (C=O) groups is 1. The number of hydrogen-bond acceptors (Lipinski definition) is 3. The molecule has 1 rings (SSSR count). The second kappa shape index (κ2) is 25.8. The number of carbonyl (C=O) groups excluding carboxylic acids is 1. The molecule has 210 valence electrons. The minimum absolute atomic E-state index is 0.308. The van der Waals surface area contributed by atoms with E-state index in [0.717, 1.165) is 13.0 Å². The summed E-state index contributed by atoms with van der Waals surface area (Å²) in [5.41, 5.74) is 1.27. The Hall–Kier alpha value is -1.87. The van der Waals surface area contributed by atoms with Gasteiger partial charge in [-0.05, 0) is 31.2 Å². The summed E-state index contributed by atoms with van der Waals surface area (Å²) in [5, 5.41) is 0. The molecule has 0 fully saturated rings. The molecule has 0 aliphatic heterocycles. The molecule has 37 heavy (non-hydrogen) atoms. The smallest absolute Gasteiger partial charge is 0.330 e. The third-order valence-electron chi connectivity index (χ3n) is 7.04. The molecule has 3 heteroatoms. The van der Waals surface area contributed by atoms with Gasteiger partial charge in [0, 0.05) is 6.08 Å². The van der Waals surface area contributed by atoms with Gasteiger partial charge in [-0.3, -0.25) is 0 Å². The first-order valence-corrected chi connectivity index (χ1v) is 15.3. The van der Waals surface area contributed by atoms with E-state index in [2.05, 4.69) is 48.1 Å². The van der Waals surface area contributed by atoms with Crippen LogP contribution in [0.4, 0.5) is 0 Å². The zero-order valence-electron chi connectivity index (χ0n) is 24.1. The Kier molecular flexibility index (Phi) is 23.1. The van der Waals surface area contributed by atoms with Crippen molar-refractivity contribution in [2.24, 2.45) is 0 Å². The molecule has 1 atom stereocenters. The first-order chi connectivity index (χ1) is 18.3. The predicted octanol–water partition coefficient (Wildman–Crippen LogP) is 10.3. The van der Waals surface area contributed by atoms with E-state index < -0.39 is 0 Å². The van der Waals surface area contributed by atoms with Crippen LogP contribution in [0.1, 0.15) is 134 Å². The van der Waals surface area contributed by atoms with E-state index in [9.17, 15) is 4.79 Å². The van der Waals surface area contributed by atoms with E-state index in [4.69, 9.17) is 4.74 Å².